The SMILES string of the molecule is Cc1nc(CCNC(=O)c2ccn(-c3ccccc3F)n2)cs1. The number of amides is 1. The lowest BCUT2D eigenvalue weighted by atomic mass is 10.3. The lowest BCUT2D eigenvalue weighted by Crippen LogP contribution is -2.26. The van der Waals surface area contributed by atoms with E-state index in [1.54, 1.807) is 41.8 Å². The number of para-hydroxylation sites is 1. The van der Waals surface area contributed by atoms with Crippen molar-refractivity contribution in [3.05, 3.63) is 64.1 Å². The van der Waals surface area contributed by atoms with Gasteiger partial charge < -0.3 is 5.32 Å². The normalized spacial score (nSPS) is 10.7. The van der Waals surface area contributed by atoms with Crippen LogP contribution in [0.15, 0.2) is 41.9 Å². The zero-order chi connectivity index (χ0) is 16.2. The number of rotatable bonds is 5. The van der Waals surface area contributed by atoms with Crippen molar-refractivity contribution in [3.63, 3.8) is 0 Å². The average molecular weight is 330 g/mol. The molecular weight excluding hydrogens is 315 g/mol. The van der Waals surface area contributed by atoms with E-state index < -0.39 is 0 Å². The van der Waals surface area contributed by atoms with Gasteiger partial charge in [-0.15, -0.1) is 11.3 Å². The molecular formula is C16H15FN4OS. The molecule has 5 nitrogen and oxygen atoms in total. The fourth-order valence-electron chi connectivity index (χ4n) is 2.13. The number of thiazole rings is 1. The van der Waals surface area contributed by atoms with Gasteiger partial charge >= 0.3 is 0 Å². The van der Waals surface area contributed by atoms with E-state index in [0.29, 0.717) is 18.7 Å². The largest absolute Gasteiger partial charge is 0.350 e. The molecule has 1 amide bonds. The summed E-state index contributed by atoms with van der Waals surface area (Å²) in [6.45, 7) is 2.43. The molecule has 0 aliphatic heterocycles. The van der Waals surface area contributed by atoms with Crippen molar-refractivity contribution in [2.75, 3.05) is 6.54 Å². The summed E-state index contributed by atoms with van der Waals surface area (Å²) in [7, 11) is 0. The van der Waals surface area contributed by atoms with E-state index in [2.05, 4.69) is 15.4 Å². The lowest BCUT2D eigenvalue weighted by Gasteiger charge is -2.03. The zero-order valence-corrected chi connectivity index (χ0v) is 13.3. The number of aromatic nitrogens is 3. The van der Waals surface area contributed by atoms with E-state index in [0.717, 1.165) is 10.7 Å². The number of nitrogens with zero attached hydrogens (tertiary/aromatic N) is 3. The molecule has 0 aliphatic carbocycles. The predicted molar refractivity (Wildman–Crippen MR) is 86.4 cm³/mol. The van der Waals surface area contributed by atoms with Crippen LogP contribution in [0.4, 0.5) is 4.39 Å². The molecule has 23 heavy (non-hydrogen) atoms. The third kappa shape index (κ3) is 3.62. The minimum absolute atomic E-state index is 0.253. The van der Waals surface area contributed by atoms with Crippen LogP contribution in [0, 0.1) is 12.7 Å². The molecule has 1 N–H and O–H groups in total. The first-order valence-electron chi connectivity index (χ1n) is 7.13. The van der Waals surface area contributed by atoms with Crippen LogP contribution in [0.5, 0.6) is 0 Å². The highest BCUT2D eigenvalue weighted by atomic mass is 32.1. The third-order valence-corrected chi connectivity index (χ3v) is 4.08. The molecule has 2 aromatic heterocycles. The predicted octanol–water partition coefficient (Wildman–Crippen LogP) is 2.75. The zero-order valence-electron chi connectivity index (χ0n) is 12.5. The van der Waals surface area contributed by atoms with Crippen LogP contribution < -0.4 is 5.32 Å². The number of carbonyl (C=O) groups excluding carboxylic acids is 1. The van der Waals surface area contributed by atoms with Crippen LogP contribution in [0.1, 0.15) is 21.2 Å². The summed E-state index contributed by atoms with van der Waals surface area (Å²) in [5, 5.41) is 9.90. The van der Waals surface area contributed by atoms with Gasteiger partial charge in [0.1, 0.15) is 11.5 Å². The van der Waals surface area contributed by atoms with E-state index in [1.807, 2.05) is 12.3 Å². The quantitative estimate of drug-likeness (QED) is 0.782. The summed E-state index contributed by atoms with van der Waals surface area (Å²) in [4.78, 5) is 16.4. The van der Waals surface area contributed by atoms with E-state index in [9.17, 15) is 9.18 Å². The molecule has 118 valence electrons. The van der Waals surface area contributed by atoms with Crippen LogP contribution >= 0.6 is 11.3 Å². The molecule has 0 saturated carbocycles. The van der Waals surface area contributed by atoms with Crippen LogP contribution in [0.3, 0.4) is 0 Å². The van der Waals surface area contributed by atoms with E-state index in [1.165, 1.54) is 10.7 Å². The summed E-state index contributed by atoms with van der Waals surface area (Å²) in [6, 6.07) is 7.85. The molecule has 0 bridgehead atoms. The van der Waals surface area contributed by atoms with Crippen LogP contribution in [0.25, 0.3) is 5.69 Å². The molecule has 2 heterocycles. The Hall–Kier alpha value is -2.54. The van der Waals surface area contributed by atoms with Crippen molar-refractivity contribution in [2.45, 2.75) is 13.3 Å². The molecule has 7 heteroatoms. The Kier molecular flexibility index (Phi) is 4.47. The van der Waals surface area contributed by atoms with Gasteiger partial charge in [-0.05, 0) is 25.1 Å². The maximum Gasteiger partial charge on any atom is 0.271 e. The highest BCUT2D eigenvalue weighted by Crippen LogP contribution is 2.12. The van der Waals surface area contributed by atoms with Crippen molar-refractivity contribution in [1.82, 2.24) is 20.1 Å². The second kappa shape index (κ2) is 6.70. The summed E-state index contributed by atoms with van der Waals surface area (Å²) in [6.07, 6.45) is 2.24. The Morgan fingerprint density at radius 3 is 2.91 bits per heavy atom. The van der Waals surface area contributed by atoms with E-state index in [4.69, 9.17) is 0 Å². The van der Waals surface area contributed by atoms with Gasteiger partial charge in [-0.3, -0.25) is 4.79 Å². The molecule has 1 aromatic carbocycles. The van der Waals surface area contributed by atoms with Gasteiger partial charge in [0.15, 0.2) is 5.69 Å². The van der Waals surface area contributed by atoms with E-state index >= 15 is 0 Å². The number of hydrogen-bond acceptors (Lipinski definition) is 4. The van der Waals surface area contributed by atoms with Gasteiger partial charge in [0.2, 0.25) is 0 Å². The monoisotopic (exact) mass is 330 g/mol. The van der Waals surface area contributed by atoms with Crippen LogP contribution in [0.2, 0.25) is 0 Å². The Labute approximate surface area is 136 Å². The maximum absolute atomic E-state index is 13.7. The number of benzene rings is 1. The number of halogens is 1. The maximum atomic E-state index is 13.7. The Balaban J connectivity index is 1.61. The molecule has 0 radical (unpaired) electrons. The number of aryl methyl sites for hydroxylation is 1. The van der Waals surface area contributed by atoms with Crippen molar-refractivity contribution in [2.24, 2.45) is 0 Å². The number of carbonyl (C=O) groups is 1. The first-order valence-corrected chi connectivity index (χ1v) is 8.01. The smallest absolute Gasteiger partial charge is 0.271 e. The first-order chi connectivity index (χ1) is 11.1. The standard InChI is InChI=1S/C16H15FN4OS/c1-11-19-12(10-23-11)6-8-18-16(22)14-7-9-21(20-14)15-5-3-2-4-13(15)17/h2-5,7,9-10H,6,8H2,1H3,(H,18,22). The van der Waals surface area contributed by atoms with Crippen LogP contribution in [-0.4, -0.2) is 27.2 Å². The minimum Gasteiger partial charge on any atom is -0.350 e. The second-order valence-electron chi connectivity index (χ2n) is 4.96. The van der Waals surface area contributed by atoms with Crippen molar-refractivity contribution in [1.29, 1.82) is 0 Å². The molecule has 3 aromatic rings. The minimum atomic E-state index is -0.388. The third-order valence-electron chi connectivity index (χ3n) is 3.25. The highest BCUT2D eigenvalue weighted by Gasteiger charge is 2.11. The molecule has 0 unspecified atom stereocenters. The Morgan fingerprint density at radius 1 is 1.35 bits per heavy atom. The fraction of sp³-hybridized carbons (Fsp3) is 0.188. The molecule has 0 spiro atoms. The number of nitrogens with one attached hydrogen (secondary N) is 1. The molecule has 3 rings (SSSR count). The van der Waals surface area contributed by atoms with Crippen molar-refractivity contribution < 1.29 is 9.18 Å². The van der Waals surface area contributed by atoms with Gasteiger partial charge in [0.05, 0.1) is 10.7 Å². The van der Waals surface area contributed by atoms with Gasteiger partial charge in [-0.1, -0.05) is 12.1 Å². The summed E-state index contributed by atoms with van der Waals surface area (Å²) < 4.78 is 15.1. The topological polar surface area (TPSA) is 59.8 Å². The summed E-state index contributed by atoms with van der Waals surface area (Å²) in [5.41, 5.74) is 1.52. The fourth-order valence-corrected chi connectivity index (χ4v) is 2.78. The van der Waals surface area contributed by atoms with Gasteiger partial charge in [-0.2, -0.15) is 5.10 Å². The van der Waals surface area contributed by atoms with Crippen molar-refractivity contribution in [3.8, 4) is 5.69 Å². The highest BCUT2D eigenvalue weighted by molar-refractivity contribution is 7.09. The lowest BCUT2D eigenvalue weighted by molar-refractivity contribution is 0.0948. The summed E-state index contributed by atoms with van der Waals surface area (Å²) >= 11 is 1.59. The number of hydrogen-bond donors (Lipinski definition) is 1. The van der Waals surface area contributed by atoms with Gasteiger partial charge in [-0.25, -0.2) is 14.1 Å². The first kappa shape index (κ1) is 15.4. The Bertz CT molecular complexity index is 827. The van der Waals surface area contributed by atoms with Gasteiger partial charge in [0, 0.05) is 24.5 Å². The summed E-state index contributed by atoms with van der Waals surface area (Å²) in [5.74, 6) is -0.673. The molecule has 0 atom stereocenters. The van der Waals surface area contributed by atoms with Gasteiger partial charge in [0.25, 0.3) is 5.91 Å². The molecule has 0 fully saturated rings. The second-order valence-corrected chi connectivity index (χ2v) is 6.02. The van der Waals surface area contributed by atoms with E-state index in [-0.39, 0.29) is 17.4 Å². The average Bonchev–Trinajstić information content (AvgIpc) is 3.17. The molecule has 0 saturated heterocycles. The molecule has 0 aliphatic rings. The van der Waals surface area contributed by atoms with Crippen molar-refractivity contribution >= 4 is 17.2 Å². The Morgan fingerprint density at radius 2 is 2.17 bits per heavy atom. The van der Waals surface area contributed by atoms with Crippen LogP contribution in [-0.2, 0) is 6.42 Å².